The van der Waals surface area contributed by atoms with E-state index in [9.17, 15) is 9.59 Å². The van der Waals surface area contributed by atoms with Crippen molar-refractivity contribution in [2.45, 2.75) is 13.8 Å². The molecule has 0 bridgehead atoms. The van der Waals surface area contributed by atoms with Crippen LogP contribution in [0.2, 0.25) is 5.02 Å². The normalized spacial score (nSPS) is 11.1. The molecule has 0 unspecified atom stereocenters. The highest BCUT2D eigenvalue weighted by atomic mass is 35.5. The summed E-state index contributed by atoms with van der Waals surface area (Å²) in [4.78, 5) is 27.0. The van der Waals surface area contributed by atoms with Crippen LogP contribution in [0, 0.1) is 0 Å². The van der Waals surface area contributed by atoms with Crippen LogP contribution in [0.5, 0.6) is 0 Å². The minimum Gasteiger partial charge on any atom is -0.338 e. The van der Waals surface area contributed by atoms with E-state index in [2.05, 4.69) is 5.32 Å². The molecular weight excluding hydrogens is 336 g/mol. The van der Waals surface area contributed by atoms with Crippen molar-refractivity contribution in [3.05, 3.63) is 76.4 Å². The van der Waals surface area contributed by atoms with Crippen molar-refractivity contribution in [3.63, 3.8) is 0 Å². The van der Waals surface area contributed by atoms with Gasteiger partial charge in [-0.1, -0.05) is 54.1 Å². The van der Waals surface area contributed by atoms with Crippen molar-refractivity contribution >= 4 is 29.5 Å². The lowest BCUT2D eigenvalue weighted by molar-refractivity contribution is -0.127. The summed E-state index contributed by atoms with van der Waals surface area (Å²) < 4.78 is 0. The molecule has 4 nitrogen and oxygen atoms in total. The Bertz CT molecular complexity index is 768. The molecule has 0 saturated heterocycles. The summed E-state index contributed by atoms with van der Waals surface area (Å²) in [5, 5.41) is 3.06. The summed E-state index contributed by atoms with van der Waals surface area (Å²) in [5.41, 5.74) is 1.38. The first-order valence-electron chi connectivity index (χ1n) is 8.18. The number of carbonyl (C=O) groups excluding carboxylic acids is 2. The van der Waals surface area contributed by atoms with Gasteiger partial charge in [-0.15, -0.1) is 0 Å². The SMILES string of the molecule is CCN(CC)C(=O)/C(=C/c1ccccc1)NC(=O)c1ccccc1Cl. The van der Waals surface area contributed by atoms with Crippen LogP contribution in [0.3, 0.4) is 0 Å². The molecule has 5 heteroatoms. The monoisotopic (exact) mass is 356 g/mol. The third-order valence-electron chi connectivity index (χ3n) is 3.76. The molecule has 1 N–H and O–H groups in total. The Hall–Kier alpha value is -2.59. The molecule has 2 rings (SSSR count). The molecule has 0 aliphatic rings. The second-order valence-corrected chi connectivity index (χ2v) is 5.79. The van der Waals surface area contributed by atoms with Crippen LogP contribution in [0.4, 0.5) is 0 Å². The molecule has 0 spiro atoms. The smallest absolute Gasteiger partial charge is 0.270 e. The molecule has 0 heterocycles. The van der Waals surface area contributed by atoms with E-state index in [0.717, 1.165) is 5.56 Å². The van der Waals surface area contributed by atoms with E-state index in [1.165, 1.54) is 0 Å². The van der Waals surface area contributed by atoms with Gasteiger partial charge in [0.1, 0.15) is 5.70 Å². The van der Waals surface area contributed by atoms with E-state index in [-0.39, 0.29) is 11.6 Å². The summed E-state index contributed by atoms with van der Waals surface area (Å²) in [5.74, 6) is -0.637. The van der Waals surface area contributed by atoms with Crippen molar-refractivity contribution < 1.29 is 9.59 Å². The van der Waals surface area contributed by atoms with Crippen LogP contribution in [0.15, 0.2) is 60.3 Å². The summed E-state index contributed by atoms with van der Waals surface area (Å²) in [6, 6.07) is 16.1. The molecule has 0 aliphatic carbocycles. The maximum atomic E-state index is 12.8. The molecule has 130 valence electrons. The van der Waals surface area contributed by atoms with Gasteiger partial charge in [-0.05, 0) is 37.6 Å². The summed E-state index contributed by atoms with van der Waals surface area (Å²) in [6.07, 6.45) is 1.68. The average Bonchev–Trinajstić information content (AvgIpc) is 2.63. The van der Waals surface area contributed by atoms with Gasteiger partial charge in [0.05, 0.1) is 10.6 Å². The van der Waals surface area contributed by atoms with E-state index in [1.807, 2.05) is 44.2 Å². The van der Waals surface area contributed by atoms with Gasteiger partial charge >= 0.3 is 0 Å². The fourth-order valence-corrected chi connectivity index (χ4v) is 2.60. The molecule has 2 amide bonds. The number of hydrogen-bond donors (Lipinski definition) is 1. The fraction of sp³-hybridized carbons (Fsp3) is 0.200. The molecule has 2 aromatic rings. The number of hydrogen-bond acceptors (Lipinski definition) is 2. The number of nitrogens with zero attached hydrogens (tertiary/aromatic N) is 1. The van der Waals surface area contributed by atoms with Crippen molar-refractivity contribution in [3.8, 4) is 0 Å². The van der Waals surface area contributed by atoms with Crippen molar-refractivity contribution in [1.82, 2.24) is 10.2 Å². The Morgan fingerprint density at radius 2 is 1.60 bits per heavy atom. The Labute approximate surface area is 153 Å². The first-order valence-corrected chi connectivity index (χ1v) is 8.56. The Kier molecular flexibility index (Phi) is 6.78. The molecule has 0 radical (unpaired) electrons. The molecule has 2 aromatic carbocycles. The van der Waals surface area contributed by atoms with Crippen LogP contribution < -0.4 is 5.32 Å². The second kappa shape index (κ2) is 9.04. The van der Waals surface area contributed by atoms with Gasteiger partial charge < -0.3 is 10.2 Å². The summed E-state index contributed by atoms with van der Waals surface area (Å²) in [6.45, 7) is 4.92. The quantitative estimate of drug-likeness (QED) is 0.796. The predicted molar refractivity (Wildman–Crippen MR) is 101 cm³/mol. The Morgan fingerprint density at radius 1 is 1.00 bits per heavy atom. The molecule has 0 saturated carbocycles. The second-order valence-electron chi connectivity index (χ2n) is 5.38. The average molecular weight is 357 g/mol. The predicted octanol–water partition coefficient (Wildman–Crippen LogP) is 3.98. The van der Waals surface area contributed by atoms with E-state index in [4.69, 9.17) is 11.6 Å². The zero-order chi connectivity index (χ0) is 18.2. The van der Waals surface area contributed by atoms with Crippen LogP contribution >= 0.6 is 11.6 Å². The number of likely N-dealkylation sites (N-methyl/N-ethyl adjacent to an activating group) is 1. The summed E-state index contributed by atoms with van der Waals surface area (Å²) in [7, 11) is 0. The topological polar surface area (TPSA) is 49.4 Å². The molecule has 0 aromatic heterocycles. The lowest BCUT2D eigenvalue weighted by Crippen LogP contribution is -2.38. The van der Waals surface area contributed by atoms with E-state index in [1.54, 1.807) is 35.2 Å². The van der Waals surface area contributed by atoms with E-state index < -0.39 is 5.91 Å². The third kappa shape index (κ3) is 4.94. The van der Waals surface area contributed by atoms with E-state index >= 15 is 0 Å². The van der Waals surface area contributed by atoms with Gasteiger partial charge in [0.2, 0.25) is 0 Å². The maximum absolute atomic E-state index is 12.8. The number of nitrogens with one attached hydrogen (secondary N) is 1. The van der Waals surface area contributed by atoms with Crippen molar-refractivity contribution in [2.24, 2.45) is 0 Å². The molecular formula is C20H21ClN2O2. The van der Waals surface area contributed by atoms with Gasteiger partial charge in [0.25, 0.3) is 11.8 Å². The van der Waals surface area contributed by atoms with Crippen molar-refractivity contribution in [1.29, 1.82) is 0 Å². The molecule has 0 aliphatic heterocycles. The summed E-state index contributed by atoms with van der Waals surface area (Å²) >= 11 is 6.08. The van der Waals surface area contributed by atoms with Crippen LogP contribution in [0.25, 0.3) is 6.08 Å². The largest absolute Gasteiger partial charge is 0.338 e. The highest BCUT2D eigenvalue weighted by molar-refractivity contribution is 6.34. The zero-order valence-corrected chi connectivity index (χ0v) is 15.1. The number of carbonyl (C=O) groups is 2. The van der Waals surface area contributed by atoms with Gasteiger partial charge in [-0.3, -0.25) is 9.59 Å². The number of halogens is 1. The standard InChI is InChI=1S/C20H21ClN2O2/c1-3-23(4-2)20(25)18(14-15-10-6-5-7-11-15)22-19(24)16-12-8-9-13-17(16)21/h5-14H,3-4H2,1-2H3,(H,22,24)/b18-14-. The zero-order valence-electron chi connectivity index (χ0n) is 14.3. The third-order valence-corrected chi connectivity index (χ3v) is 4.09. The van der Waals surface area contributed by atoms with Crippen LogP contribution in [-0.4, -0.2) is 29.8 Å². The number of rotatable bonds is 6. The Balaban J connectivity index is 2.35. The lowest BCUT2D eigenvalue weighted by atomic mass is 10.1. The first-order chi connectivity index (χ1) is 12.1. The van der Waals surface area contributed by atoms with E-state index in [0.29, 0.717) is 23.7 Å². The van der Waals surface area contributed by atoms with Crippen LogP contribution in [0.1, 0.15) is 29.8 Å². The molecule has 0 fully saturated rings. The lowest BCUT2D eigenvalue weighted by Gasteiger charge is -2.21. The first kappa shape index (κ1) is 18.7. The van der Waals surface area contributed by atoms with Crippen LogP contribution in [-0.2, 0) is 4.79 Å². The van der Waals surface area contributed by atoms with Gasteiger partial charge in [-0.25, -0.2) is 0 Å². The number of benzene rings is 2. The number of amides is 2. The van der Waals surface area contributed by atoms with Gasteiger partial charge in [0, 0.05) is 13.1 Å². The fourth-order valence-electron chi connectivity index (χ4n) is 2.38. The Morgan fingerprint density at radius 3 is 2.20 bits per heavy atom. The minimum atomic E-state index is -0.409. The van der Waals surface area contributed by atoms with Crippen molar-refractivity contribution in [2.75, 3.05) is 13.1 Å². The van der Waals surface area contributed by atoms with Gasteiger partial charge in [0.15, 0.2) is 0 Å². The molecule has 0 atom stereocenters. The minimum absolute atomic E-state index is 0.222. The molecule has 25 heavy (non-hydrogen) atoms. The maximum Gasteiger partial charge on any atom is 0.270 e. The van der Waals surface area contributed by atoms with Gasteiger partial charge in [-0.2, -0.15) is 0 Å². The highest BCUT2D eigenvalue weighted by Crippen LogP contribution is 2.16. The highest BCUT2D eigenvalue weighted by Gasteiger charge is 2.19.